The minimum Gasteiger partial charge on any atom is -0.388 e. The van der Waals surface area contributed by atoms with Crippen molar-refractivity contribution in [1.82, 2.24) is 0 Å². The fourth-order valence-electron chi connectivity index (χ4n) is 4.38. The minimum absolute atomic E-state index is 0.0519. The number of aliphatic hydroxyl groups is 1. The van der Waals surface area contributed by atoms with E-state index in [0.717, 1.165) is 22.3 Å². The second-order valence-corrected chi connectivity index (χ2v) is 9.71. The second kappa shape index (κ2) is 16.4. The van der Waals surface area contributed by atoms with Gasteiger partial charge in [-0.15, -0.1) is 0 Å². The molecule has 7 nitrogen and oxygen atoms in total. The Morgan fingerprint density at radius 1 is 0.561 bits per heavy atom. The van der Waals surface area contributed by atoms with Crippen molar-refractivity contribution in [3.05, 3.63) is 144 Å². The molecule has 0 aliphatic carbocycles. The molecule has 7 heteroatoms. The molecule has 0 bridgehead atoms. The first-order valence-corrected chi connectivity index (χ1v) is 13.7. The Hall–Kier alpha value is -3.85. The minimum atomic E-state index is -1.21. The van der Waals surface area contributed by atoms with Gasteiger partial charge in [0.2, 0.25) is 5.91 Å². The van der Waals surface area contributed by atoms with Gasteiger partial charge >= 0.3 is 0 Å². The molecule has 0 heterocycles. The fourth-order valence-corrected chi connectivity index (χ4v) is 4.38. The number of primary amides is 1. The highest BCUT2D eigenvalue weighted by atomic mass is 16.6. The van der Waals surface area contributed by atoms with Crippen molar-refractivity contribution in [1.29, 1.82) is 0 Å². The second-order valence-electron chi connectivity index (χ2n) is 9.71. The SMILES string of the molecule is NC(=O)[C@@H](OCc1ccccc1)[C@@H](OCc1ccccc1)[C@H](OCc1ccccc1)[C@H](O)COCc1ccccc1. The summed E-state index contributed by atoms with van der Waals surface area (Å²) in [6.45, 7) is 0.724. The lowest BCUT2D eigenvalue weighted by Gasteiger charge is -2.34. The number of hydrogen-bond acceptors (Lipinski definition) is 6. The van der Waals surface area contributed by atoms with Crippen molar-refractivity contribution in [2.75, 3.05) is 6.61 Å². The third kappa shape index (κ3) is 9.93. The molecule has 0 aliphatic heterocycles. The van der Waals surface area contributed by atoms with E-state index in [0.29, 0.717) is 6.61 Å². The van der Waals surface area contributed by atoms with Crippen molar-refractivity contribution in [3.63, 3.8) is 0 Å². The van der Waals surface area contributed by atoms with E-state index >= 15 is 0 Å². The van der Waals surface area contributed by atoms with Gasteiger partial charge in [-0.3, -0.25) is 4.79 Å². The summed E-state index contributed by atoms with van der Waals surface area (Å²) in [5.41, 5.74) is 9.51. The summed E-state index contributed by atoms with van der Waals surface area (Å²) in [6.07, 6.45) is -4.38. The first kappa shape index (κ1) is 30.1. The third-order valence-corrected chi connectivity index (χ3v) is 6.52. The van der Waals surface area contributed by atoms with Crippen LogP contribution in [-0.4, -0.2) is 42.0 Å². The van der Waals surface area contributed by atoms with Gasteiger partial charge in [-0.25, -0.2) is 0 Å². The Balaban J connectivity index is 1.57. The number of amides is 1. The number of hydrogen-bond donors (Lipinski definition) is 2. The highest BCUT2D eigenvalue weighted by Gasteiger charge is 2.40. The smallest absolute Gasteiger partial charge is 0.249 e. The lowest BCUT2D eigenvalue weighted by molar-refractivity contribution is -0.190. The van der Waals surface area contributed by atoms with Crippen LogP contribution in [0.3, 0.4) is 0 Å². The van der Waals surface area contributed by atoms with Crippen LogP contribution in [0.25, 0.3) is 0 Å². The van der Waals surface area contributed by atoms with Crippen molar-refractivity contribution in [3.8, 4) is 0 Å². The van der Waals surface area contributed by atoms with Gasteiger partial charge in [-0.1, -0.05) is 121 Å². The molecular weight excluding hydrogens is 518 g/mol. The summed E-state index contributed by atoms with van der Waals surface area (Å²) in [5, 5.41) is 11.4. The Kier molecular flexibility index (Phi) is 12.1. The van der Waals surface area contributed by atoms with Crippen molar-refractivity contribution in [2.24, 2.45) is 5.73 Å². The Morgan fingerprint density at radius 2 is 0.927 bits per heavy atom. The van der Waals surface area contributed by atoms with Gasteiger partial charge in [0.25, 0.3) is 0 Å². The van der Waals surface area contributed by atoms with Crippen LogP contribution in [0.5, 0.6) is 0 Å². The lowest BCUT2D eigenvalue weighted by atomic mass is 10.0. The van der Waals surface area contributed by atoms with Gasteiger partial charge in [0.1, 0.15) is 18.3 Å². The Labute approximate surface area is 241 Å². The van der Waals surface area contributed by atoms with Crippen LogP contribution in [0.15, 0.2) is 121 Å². The highest BCUT2D eigenvalue weighted by Crippen LogP contribution is 2.21. The summed E-state index contributed by atoms with van der Waals surface area (Å²) >= 11 is 0. The van der Waals surface area contributed by atoms with Crippen LogP contribution in [0, 0.1) is 0 Å². The number of rotatable bonds is 17. The molecule has 3 N–H and O–H groups in total. The number of aliphatic hydroxyl groups excluding tert-OH is 1. The molecule has 0 saturated carbocycles. The molecule has 41 heavy (non-hydrogen) atoms. The van der Waals surface area contributed by atoms with Gasteiger partial charge in [0.15, 0.2) is 6.10 Å². The average molecular weight is 556 g/mol. The molecule has 0 aromatic heterocycles. The topological polar surface area (TPSA) is 100 Å². The van der Waals surface area contributed by atoms with Gasteiger partial charge in [0, 0.05) is 0 Å². The molecule has 0 fully saturated rings. The van der Waals surface area contributed by atoms with E-state index in [9.17, 15) is 9.90 Å². The zero-order valence-corrected chi connectivity index (χ0v) is 23.0. The molecule has 0 aliphatic rings. The van der Waals surface area contributed by atoms with E-state index < -0.39 is 30.3 Å². The average Bonchev–Trinajstić information content (AvgIpc) is 3.01. The van der Waals surface area contributed by atoms with Crippen molar-refractivity contribution < 1.29 is 28.8 Å². The van der Waals surface area contributed by atoms with Gasteiger partial charge in [0.05, 0.1) is 33.0 Å². The van der Waals surface area contributed by atoms with E-state index in [1.807, 2.05) is 121 Å². The van der Waals surface area contributed by atoms with Crippen LogP contribution >= 0.6 is 0 Å². The number of nitrogens with two attached hydrogens (primary N) is 1. The first-order valence-electron chi connectivity index (χ1n) is 13.7. The third-order valence-electron chi connectivity index (χ3n) is 6.52. The van der Waals surface area contributed by atoms with Crippen LogP contribution < -0.4 is 5.73 Å². The highest BCUT2D eigenvalue weighted by molar-refractivity contribution is 5.79. The molecule has 4 rings (SSSR count). The summed E-state index contributed by atoms with van der Waals surface area (Å²) in [7, 11) is 0. The monoisotopic (exact) mass is 555 g/mol. The standard InChI is InChI=1S/C34H37NO6/c35-34(37)33(41-24-29-19-11-4-12-20-29)32(40-23-28-17-9-3-10-18-28)31(39-22-27-15-7-2-8-16-27)30(36)25-38-21-26-13-5-1-6-14-26/h1-20,30-33,36H,21-25H2,(H2,35,37)/t30-,31-,32+,33+/m1/s1. The van der Waals surface area contributed by atoms with Gasteiger partial charge in [-0.2, -0.15) is 0 Å². The molecule has 1 amide bonds. The molecule has 214 valence electrons. The zero-order chi connectivity index (χ0) is 28.7. The van der Waals surface area contributed by atoms with Crippen molar-refractivity contribution in [2.45, 2.75) is 50.8 Å². The number of ether oxygens (including phenoxy) is 4. The fraction of sp³-hybridized carbons (Fsp3) is 0.265. The molecule has 0 saturated heterocycles. The maximum atomic E-state index is 12.8. The molecule has 0 unspecified atom stereocenters. The van der Waals surface area contributed by atoms with E-state index in [2.05, 4.69) is 0 Å². The van der Waals surface area contributed by atoms with E-state index in [-0.39, 0.29) is 26.4 Å². The Morgan fingerprint density at radius 3 is 1.34 bits per heavy atom. The zero-order valence-electron chi connectivity index (χ0n) is 23.0. The predicted octanol–water partition coefficient (Wildman–Crippen LogP) is 4.81. The van der Waals surface area contributed by atoms with E-state index in [4.69, 9.17) is 24.7 Å². The van der Waals surface area contributed by atoms with E-state index in [1.165, 1.54) is 0 Å². The molecular formula is C34H37NO6. The molecule has 0 spiro atoms. The number of carbonyl (C=O) groups is 1. The predicted molar refractivity (Wildman–Crippen MR) is 156 cm³/mol. The summed E-state index contributed by atoms with van der Waals surface area (Å²) < 4.78 is 24.5. The quantitative estimate of drug-likeness (QED) is 0.194. The van der Waals surface area contributed by atoms with Crippen LogP contribution in [-0.2, 0) is 50.2 Å². The maximum Gasteiger partial charge on any atom is 0.249 e. The van der Waals surface area contributed by atoms with Crippen LogP contribution in [0.1, 0.15) is 22.3 Å². The maximum absolute atomic E-state index is 12.8. The lowest BCUT2D eigenvalue weighted by Crippen LogP contribution is -2.54. The Bertz CT molecular complexity index is 1270. The summed E-state index contributed by atoms with van der Waals surface area (Å²) in [5.74, 6) is -0.718. The van der Waals surface area contributed by atoms with Crippen LogP contribution in [0.2, 0.25) is 0 Å². The molecule has 4 aromatic carbocycles. The van der Waals surface area contributed by atoms with E-state index in [1.54, 1.807) is 0 Å². The number of benzene rings is 4. The summed E-state index contributed by atoms with van der Waals surface area (Å²) in [6, 6.07) is 38.3. The first-order chi connectivity index (χ1) is 20.1. The van der Waals surface area contributed by atoms with Gasteiger partial charge < -0.3 is 29.8 Å². The molecule has 0 radical (unpaired) electrons. The largest absolute Gasteiger partial charge is 0.388 e. The molecule has 4 atom stereocenters. The summed E-state index contributed by atoms with van der Waals surface area (Å²) in [4.78, 5) is 12.8. The van der Waals surface area contributed by atoms with Gasteiger partial charge in [-0.05, 0) is 22.3 Å². The number of carbonyl (C=O) groups excluding carboxylic acids is 1. The van der Waals surface area contributed by atoms with Crippen LogP contribution in [0.4, 0.5) is 0 Å². The normalized spacial score (nSPS) is 14.2. The molecule has 4 aromatic rings. The van der Waals surface area contributed by atoms with Crippen molar-refractivity contribution >= 4 is 5.91 Å².